The van der Waals surface area contributed by atoms with Crippen LogP contribution in [0, 0.1) is 0 Å². The van der Waals surface area contributed by atoms with Gasteiger partial charge in [0.2, 0.25) is 0 Å². The third-order valence-corrected chi connectivity index (χ3v) is 3.55. The third kappa shape index (κ3) is 8.84. The summed E-state index contributed by atoms with van der Waals surface area (Å²) in [4.78, 5) is 2.29. The fraction of sp³-hybridized carbons (Fsp3) is 1.00. The lowest BCUT2D eigenvalue weighted by Gasteiger charge is -2.20. The normalized spacial score (nSPS) is 14.5. The van der Waals surface area contributed by atoms with Crippen LogP contribution in [0.15, 0.2) is 0 Å². The van der Waals surface area contributed by atoms with E-state index < -0.39 is 9.84 Å². The van der Waals surface area contributed by atoms with Gasteiger partial charge in [-0.1, -0.05) is 13.8 Å². The highest BCUT2D eigenvalue weighted by atomic mass is 32.2. The van der Waals surface area contributed by atoms with Gasteiger partial charge in [-0.2, -0.15) is 0 Å². The summed E-state index contributed by atoms with van der Waals surface area (Å²) in [6, 6.07) is 0.000301. The Morgan fingerprint density at radius 1 is 1.20 bits per heavy atom. The van der Waals surface area contributed by atoms with Crippen molar-refractivity contribution in [3.63, 3.8) is 0 Å². The molecule has 0 aromatic rings. The topological polar surface area (TPSA) is 63.4 Å². The van der Waals surface area contributed by atoms with E-state index in [1.807, 2.05) is 0 Å². The van der Waals surface area contributed by atoms with Crippen molar-refractivity contribution < 1.29 is 8.42 Å². The van der Waals surface area contributed by atoms with Crippen molar-refractivity contribution in [1.82, 2.24) is 4.90 Å². The molecule has 4 nitrogen and oxygen atoms in total. The van der Waals surface area contributed by atoms with Crippen LogP contribution in [0.25, 0.3) is 0 Å². The second-order valence-corrected chi connectivity index (χ2v) is 6.25. The molecular formula is C10H24N2O2S. The fourth-order valence-corrected chi connectivity index (χ4v) is 2.13. The van der Waals surface area contributed by atoms with Crippen LogP contribution in [-0.4, -0.2) is 51.0 Å². The van der Waals surface area contributed by atoms with Gasteiger partial charge >= 0.3 is 0 Å². The molecule has 0 rings (SSSR count). The Labute approximate surface area is 93.7 Å². The summed E-state index contributed by atoms with van der Waals surface area (Å²) >= 11 is 0. The molecule has 92 valence electrons. The summed E-state index contributed by atoms with van der Waals surface area (Å²) < 4.78 is 21.8. The van der Waals surface area contributed by atoms with Crippen LogP contribution < -0.4 is 5.73 Å². The van der Waals surface area contributed by atoms with E-state index in [9.17, 15) is 8.42 Å². The smallest absolute Gasteiger partial charge is 0.147 e. The van der Waals surface area contributed by atoms with Gasteiger partial charge in [0.15, 0.2) is 0 Å². The van der Waals surface area contributed by atoms with Gasteiger partial charge in [-0.3, -0.25) is 0 Å². The first-order chi connectivity index (χ1) is 6.89. The molecule has 0 aliphatic carbocycles. The lowest BCUT2D eigenvalue weighted by Crippen LogP contribution is -2.31. The summed E-state index contributed by atoms with van der Waals surface area (Å²) in [6.45, 7) is 7.24. The zero-order valence-electron chi connectivity index (χ0n) is 10.1. The quantitative estimate of drug-likeness (QED) is 0.666. The minimum atomic E-state index is -2.86. The Bertz CT molecular complexity index is 248. The molecule has 1 unspecified atom stereocenters. The van der Waals surface area contributed by atoms with E-state index in [0.29, 0.717) is 6.42 Å². The van der Waals surface area contributed by atoms with Crippen molar-refractivity contribution in [1.29, 1.82) is 0 Å². The number of sulfone groups is 1. The molecule has 0 aromatic heterocycles. The molecular weight excluding hydrogens is 212 g/mol. The van der Waals surface area contributed by atoms with Crippen LogP contribution >= 0.6 is 0 Å². The predicted molar refractivity (Wildman–Crippen MR) is 64.7 cm³/mol. The molecule has 0 aliphatic rings. The molecule has 0 spiro atoms. The van der Waals surface area contributed by atoms with Crippen LogP contribution in [-0.2, 0) is 9.84 Å². The summed E-state index contributed by atoms with van der Waals surface area (Å²) in [6.07, 6.45) is 2.70. The van der Waals surface area contributed by atoms with Crippen LogP contribution in [0.5, 0.6) is 0 Å². The summed E-state index contributed by atoms with van der Waals surface area (Å²) in [5.41, 5.74) is 5.85. The van der Waals surface area contributed by atoms with Gasteiger partial charge in [-0.25, -0.2) is 8.42 Å². The van der Waals surface area contributed by atoms with Gasteiger partial charge in [0.1, 0.15) is 9.84 Å². The van der Waals surface area contributed by atoms with Crippen molar-refractivity contribution >= 4 is 9.84 Å². The van der Waals surface area contributed by atoms with Gasteiger partial charge < -0.3 is 10.6 Å². The molecule has 0 heterocycles. The first-order valence-electron chi connectivity index (χ1n) is 5.54. The van der Waals surface area contributed by atoms with Gasteiger partial charge in [-0.15, -0.1) is 0 Å². The van der Waals surface area contributed by atoms with Gasteiger partial charge in [-0.05, 0) is 32.5 Å². The molecule has 0 bridgehead atoms. The third-order valence-electron chi connectivity index (χ3n) is 2.57. The molecule has 0 aliphatic heterocycles. The van der Waals surface area contributed by atoms with Crippen LogP contribution in [0.3, 0.4) is 0 Å². The van der Waals surface area contributed by atoms with E-state index in [-0.39, 0.29) is 11.8 Å². The Hall–Kier alpha value is -0.130. The van der Waals surface area contributed by atoms with Crippen molar-refractivity contribution in [3.05, 3.63) is 0 Å². The summed E-state index contributed by atoms with van der Waals surface area (Å²) in [5.74, 6) is 0.201. The number of nitrogens with zero attached hydrogens (tertiary/aromatic N) is 1. The molecule has 0 radical (unpaired) electrons. The highest BCUT2D eigenvalue weighted by Gasteiger charge is 2.09. The van der Waals surface area contributed by atoms with Gasteiger partial charge in [0.05, 0.1) is 5.75 Å². The van der Waals surface area contributed by atoms with Crippen molar-refractivity contribution in [2.45, 2.75) is 32.7 Å². The van der Waals surface area contributed by atoms with E-state index in [1.54, 1.807) is 0 Å². The standard InChI is InChI=1S/C10H24N2O2S/c1-4-12(5-2)8-6-10(11)7-9-15(3,13)14/h10H,4-9,11H2,1-3H3. The monoisotopic (exact) mass is 236 g/mol. The summed E-state index contributed by atoms with van der Waals surface area (Å²) in [7, 11) is -2.86. The highest BCUT2D eigenvalue weighted by Crippen LogP contribution is 2.00. The van der Waals surface area contributed by atoms with Gasteiger partial charge in [0.25, 0.3) is 0 Å². The fourth-order valence-electron chi connectivity index (χ4n) is 1.40. The van der Waals surface area contributed by atoms with Crippen molar-refractivity contribution in [2.75, 3.05) is 31.6 Å². The Balaban J connectivity index is 3.70. The van der Waals surface area contributed by atoms with Crippen molar-refractivity contribution in [3.8, 4) is 0 Å². The first kappa shape index (κ1) is 14.9. The minimum Gasteiger partial charge on any atom is -0.328 e. The number of hydrogen-bond acceptors (Lipinski definition) is 4. The van der Waals surface area contributed by atoms with Gasteiger partial charge in [0, 0.05) is 12.3 Å². The zero-order valence-corrected chi connectivity index (χ0v) is 10.9. The SMILES string of the molecule is CCN(CC)CCC(N)CCS(C)(=O)=O. The Morgan fingerprint density at radius 3 is 2.13 bits per heavy atom. The van der Waals surface area contributed by atoms with E-state index in [4.69, 9.17) is 5.73 Å². The second-order valence-electron chi connectivity index (χ2n) is 3.99. The summed E-state index contributed by atoms with van der Waals surface area (Å²) in [5, 5.41) is 0. The highest BCUT2D eigenvalue weighted by molar-refractivity contribution is 7.90. The Kier molecular flexibility index (Phi) is 7.13. The lowest BCUT2D eigenvalue weighted by molar-refractivity contribution is 0.289. The van der Waals surface area contributed by atoms with E-state index in [1.165, 1.54) is 6.26 Å². The molecule has 0 fully saturated rings. The molecule has 0 aromatic carbocycles. The lowest BCUT2D eigenvalue weighted by atomic mass is 10.1. The molecule has 15 heavy (non-hydrogen) atoms. The molecule has 1 atom stereocenters. The molecule has 0 saturated carbocycles. The Morgan fingerprint density at radius 2 is 1.73 bits per heavy atom. The zero-order chi connectivity index (χ0) is 11.9. The maximum absolute atomic E-state index is 10.9. The van der Waals surface area contributed by atoms with Crippen LogP contribution in [0.4, 0.5) is 0 Å². The molecule has 2 N–H and O–H groups in total. The van der Waals surface area contributed by atoms with Crippen LogP contribution in [0.1, 0.15) is 26.7 Å². The van der Waals surface area contributed by atoms with Crippen molar-refractivity contribution in [2.24, 2.45) is 5.73 Å². The van der Waals surface area contributed by atoms with Crippen LogP contribution in [0.2, 0.25) is 0 Å². The van der Waals surface area contributed by atoms with E-state index in [2.05, 4.69) is 18.7 Å². The maximum atomic E-state index is 10.9. The molecule has 0 saturated heterocycles. The average molecular weight is 236 g/mol. The maximum Gasteiger partial charge on any atom is 0.147 e. The second kappa shape index (κ2) is 7.19. The van der Waals surface area contributed by atoms with E-state index >= 15 is 0 Å². The minimum absolute atomic E-state index is 0.000301. The molecule has 5 heteroatoms. The average Bonchev–Trinajstić information content (AvgIpc) is 2.15. The number of hydrogen-bond donors (Lipinski definition) is 1. The number of rotatable bonds is 8. The predicted octanol–water partition coefficient (Wildman–Crippen LogP) is 0.480. The first-order valence-corrected chi connectivity index (χ1v) is 7.60. The largest absolute Gasteiger partial charge is 0.328 e. The van der Waals surface area contributed by atoms with E-state index in [0.717, 1.165) is 26.1 Å². The number of nitrogens with two attached hydrogens (primary N) is 1. The molecule has 0 amide bonds.